The van der Waals surface area contributed by atoms with Gasteiger partial charge in [-0.3, -0.25) is 0 Å². The van der Waals surface area contributed by atoms with Gasteiger partial charge in [0, 0.05) is 0 Å². The first-order valence-electron chi connectivity index (χ1n) is 18.2. The second-order valence-electron chi connectivity index (χ2n) is 12.8. The van der Waals surface area contributed by atoms with Crippen LogP contribution in [0.4, 0.5) is 0 Å². The molecule has 6 nitrogen and oxygen atoms in total. The number of hydrogen-bond donors (Lipinski definition) is 0. The summed E-state index contributed by atoms with van der Waals surface area (Å²) in [5.74, 6) is 0. The Bertz CT molecular complexity index is 1120. The fraction of sp³-hybridized carbons (Fsp3) is 0.684. The van der Waals surface area contributed by atoms with Crippen molar-refractivity contribution in [3.8, 4) is 0 Å². The predicted molar refractivity (Wildman–Crippen MR) is 195 cm³/mol. The summed E-state index contributed by atoms with van der Waals surface area (Å²) in [6.45, 7) is 4.50. The van der Waals surface area contributed by atoms with E-state index >= 15 is 0 Å². The first-order chi connectivity index (χ1) is 22.1. The second-order valence-corrected chi connectivity index (χ2v) is 15.5. The van der Waals surface area contributed by atoms with Crippen LogP contribution in [-0.4, -0.2) is 63.7 Å². The molecule has 9 heteroatoms. The Balaban J connectivity index is 0.000000882. The molecule has 0 radical (unpaired) electrons. The largest absolute Gasteiger partial charge is 2.00 e. The maximum absolute atomic E-state index is 10.8. The van der Waals surface area contributed by atoms with Crippen molar-refractivity contribution in [3.05, 3.63) is 59.7 Å². The first kappa shape index (κ1) is 46.5. The van der Waals surface area contributed by atoms with Gasteiger partial charge in [0.2, 0.25) is 0 Å². The van der Waals surface area contributed by atoms with Gasteiger partial charge in [0.1, 0.15) is 20.2 Å². The Kier molecular flexibility index (Phi) is 29.0. The van der Waals surface area contributed by atoms with Crippen LogP contribution < -0.4 is 0 Å². The average Bonchev–Trinajstić information content (AvgIpc) is 3.02. The zero-order chi connectivity index (χ0) is 33.9. The van der Waals surface area contributed by atoms with Gasteiger partial charge in [-0.2, -0.15) is 0 Å². The Hall–Kier alpha value is -0.480. The molecule has 0 amide bonds. The van der Waals surface area contributed by atoms with Crippen LogP contribution in [0.2, 0.25) is 0 Å². The van der Waals surface area contributed by atoms with Crippen molar-refractivity contribution < 1.29 is 25.9 Å². The molecule has 0 atom stereocenters. The zero-order valence-corrected chi connectivity index (χ0v) is 33.4. The monoisotopic (exact) mass is 718 g/mol. The average molecular weight is 719 g/mol. The normalized spacial score (nSPS) is 11.5. The molecule has 2 rings (SSSR count). The molecule has 0 aliphatic heterocycles. The number of aryl methyl sites for hydroxylation is 2. The fourth-order valence-electron chi connectivity index (χ4n) is 5.63. The molecule has 264 valence electrons. The molecular formula is C38H62CaO6S2. The van der Waals surface area contributed by atoms with Crippen molar-refractivity contribution in [2.45, 2.75) is 178 Å². The zero-order valence-electron chi connectivity index (χ0n) is 29.6. The third-order valence-electron chi connectivity index (χ3n) is 8.56. The molecule has 2 aromatic carbocycles. The molecule has 0 heterocycles. The van der Waals surface area contributed by atoms with Gasteiger partial charge in [-0.25, -0.2) is 16.8 Å². The van der Waals surface area contributed by atoms with Crippen LogP contribution in [0.15, 0.2) is 58.3 Å². The number of benzene rings is 2. The molecular weight excluding hydrogens is 657 g/mol. The maximum atomic E-state index is 10.8. The molecule has 0 fully saturated rings. The topological polar surface area (TPSA) is 114 Å². The van der Waals surface area contributed by atoms with Gasteiger partial charge in [0.15, 0.2) is 0 Å². The Labute approximate surface area is 318 Å². The molecule has 0 unspecified atom stereocenters. The van der Waals surface area contributed by atoms with Crippen LogP contribution in [0, 0.1) is 0 Å². The molecule has 0 saturated heterocycles. The van der Waals surface area contributed by atoms with E-state index in [2.05, 4.69) is 13.8 Å². The maximum Gasteiger partial charge on any atom is 2.00 e. The van der Waals surface area contributed by atoms with Gasteiger partial charge in [-0.05, 0) is 61.1 Å². The summed E-state index contributed by atoms with van der Waals surface area (Å²) < 4.78 is 65.1. The molecule has 0 aromatic heterocycles. The first-order valence-corrected chi connectivity index (χ1v) is 21.0. The van der Waals surface area contributed by atoms with E-state index in [4.69, 9.17) is 0 Å². The van der Waals surface area contributed by atoms with Gasteiger partial charge in [-0.15, -0.1) is 0 Å². The number of hydrogen-bond acceptors (Lipinski definition) is 6. The smallest absolute Gasteiger partial charge is 0.744 e. The summed E-state index contributed by atoms with van der Waals surface area (Å²) in [4.78, 5) is -0.277. The summed E-state index contributed by atoms with van der Waals surface area (Å²) in [5.41, 5.74) is 2.21. The quantitative estimate of drug-likeness (QED) is 0.0543. The summed E-state index contributed by atoms with van der Waals surface area (Å²) in [6.07, 6.45) is 31.0. The SMILES string of the molecule is CCCCCCCCCCCCCc1ccc(S(=O)(=O)[O-])cc1.CCCCCCCCCCCCCc1ccc(S(=O)(=O)[O-])cc1.[Ca+2]. The van der Waals surface area contributed by atoms with Crippen molar-refractivity contribution in [2.75, 3.05) is 0 Å². The van der Waals surface area contributed by atoms with E-state index in [0.29, 0.717) is 0 Å². The Morgan fingerprint density at radius 1 is 0.383 bits per heavy atom. The van der Waals surface area contributed by atoms with Crippen LogP contribution >= 0.6 is 0 Å². The van der Waals surface area contributed by atoms with Crippen LogP contribution in [0.3, 0.4) is 0 Å². The molecule has 0 aliphatic carbocycles. The van der Waals surface area contributed by atoms with Gasteiger partial charge >= 0.3 is 37.7 Å². The van der Waals surface area contributed by atoms with E-state index < -0.39 is 20.2 Å². The second kappa shape index (κ2) is 29.3. The third-order valence-corrected chi connectivity index (χ3v) is 10.3. The minimum atomic E-state index is -4.32. The summed E-state index contributed by atoms with van der Waals surface area (Å²) in [7, 11) is -8.63. The fourth-order valence-corrected chi connectivity index (χ4v) is 6.57. The van der Waals surface area contributed by atoms with E-state index in [1.165, 1.54) is 153 Å². The van der Waals surface area contributed by atoms with E-state index in [9.17, 15) is 25.9 Å². The molecule has 2 aromatic rings. The van der Waals surface area contributed by atoms with E-state index in [0.717, 1.165) is 36.8 Å². The molecule has 0 spiro atoms. The van der Waals surface area contributed by atoms with Gasteiger partial charge in [0.25, 0.3) is 0 Å². The molecule has 0 bridgehead atoms. The molecule has 47 heavy (non-hydrogen) atoms. The van der Waals surface area contributed by atoms with Crippen LogP contribution in [-0.2, 0) is 33.1 Å². The van der Waals surface area contributed by atoms with Gasteiger partial charge < -0.3 is 9.11 Å². The molecule has 0 saturated carbocycles. The summed E-state index contributed by atoms with van der Waals surface area (Å²) in [5, 5.41) is 0. The van der Waals surface area contributed by atoms with E-state index in [-0.39, 0.29) is 47.5 Å². The van der Waals surface area contributed by atoms with Crippen molar-refractivity contribution in [3.63, 3.8) is 0 Å². The van der Waals surface area contributed by atoms with Crippen LogP contribution in [0.25, 0.3) is 0 Å². The standard InChI is InChI=1S/2C19H32O3S.Ca/c2*1-2-3-4-5-6-7-8-9-10-11-12-13-18-14-16-19(17-15-18)23(20,21)22;/h2*14-17H,2-13H2,1H3,(H,20,21,22);/q;;+2/p-2. The molecule has 0 aliphatic rings. The van der Waals surface area contributed by atoms with Gasteiger partial charge in [-0.1, -0.05) is 167 Å². The van der Waals surface area contributed by atoms with Crippen molar-refractivity contribution in [1.29, 1.82) is 0 Å². The van der Waals surface area contributed by atoms with E-state index in [1.807, 2.05) is 0 Å². The van der Waals surface area contributed by atoms with Crippen molar-refractivity contribution in [2.24, 2.45) is 0 Å². The van der Waals surface area contributed by atoms with E-state index in [1.54, 1.807) is 24.3 Å². The number of rotatable bonds is 26. The Morgan fingerprint density at radius 3 is 0.809 bits per heavy atom. The summed E-state index contributed by atoms with van der Waals surface area (Å²) in [6, 6.07) is 12.7. The van der Waals surface area contributed by atoms with Crippen LogP contribution in [0.1, 0.15) is 166 Å². The van der Waals surface area contributed by atoms with Gasteiger partial charge in [0.05, 0.1) is 9.79 Å². The minimum absolute atomic E-state index is 0. The minimum Gasteiger partial charge on any atom is -0.744 e. The third kappa shape index (κ3) is 26.1. The van der Waals surface area contributed by atoms with Crippen LogP contribution in [0.5, 0.6) is 0 Å². The van der Waals surface area contributed by atoms with Crippen molar-refractivity contribution in [1.82, 2.24) is 0 Å². The van der Waals surface area contributed by atoms with Crippen molar-refractivity contribution >= 4 is 58.0 Å². The number of unbranched alkanes of at least 4 members (excludes halogenated alkanes) is 20. The summed E-state index contributed by atoms with van der Waals surface area (Å²) >= 11 is 0. The Morgan fingerprint density at radius 2 is 0.596 bits per heavy atom. The molecule has 0 N–H and O–H groups in total. The predicted octanol–water partition coefficient (Wildman–Crippen LogP) is 10.5.